The highest BCUT2D eigenvalue weighted by Gasteiger charge is 2.12. The van der Waals surface area contributed by atoms with Crippen molar-refractivity contribution in [3.63, 3.8) is 0 Å². The fraction of sp³-hybridized carbons (Fsp3) is 0.273. The standard InChI is InChI=1S/C11H13ClFN.ClH/c1-7(2)6-10(14)8-4-3-5-9(13)11(8)12;/h3-5,10H,1,6,14H2,2H3;1H/t10-;/m1./s1. The van der Waals surface area contributed by atoms with Crippen LogP contribution in [0, 0.1) is 5.82 Å². The second-order valence-corrected chi connectivity index (χ2v) is 3.79. The number of nitrogens with two attached hydrogens (primary N) is 1. The molecule has 1 nitrogen and oxygen atoms in total. The van der Waals surface area contributed by atoms with Gasteiger partial charge in [0.1, 0.15) is 5.82 Å². The summed E-state index contributed by atoms with van der Waals surface area (Å²) in [5.41, 5.74) is 7.44. The van der Waals surface area contributed by atoms with Gasteiger partial charge in [0, 0.05) is 6.04 Å². The number of rotatable bonds is 3. The van der Waals surface area contributed by atoms with Gasteiger partial charge in [0.15, 0.2) is 0 Å². The van der Waals surface area contributed by atoms with Crippen molar-refractivity contribution in [3.05, 3.63) is 46.8 Å². The first-order valence-electron chi connectivity index (χ1n) is 4.36. The summed E-state index contributed by atoms with van der Waals surface area (Å²) in [4.78, 5) is 0. The third kappa shape index (κ3) is 3.82. The van der Waals surface area contributed by atoms with E-state index in [9.17, 15) is 4.39 Å². The highest BCUT2D eigenvalue weighted by molar-refractivity contribution is 6.31. The van der Waals surface area contributed by atoms with Gasteiger partial charge in [-0.1, -0.05) is 29.3 Å². The summed E-state index contributed by atoms with van der Waals surface area (Å²) >= 11 is 5.79. The minimum Gasteiger partial charge on any atom is -0.324 e. The molecular formula is C11H14Cl2FN. The molecule has 0 aliphatic heterocycles. The molecule has 1 aromatic carbocycles. The maximum Gasteiger partial charge on any atom is 0.142 e. The summed E-state index contributed by atoms with van der Waals surface area (Å²) in [5, 5.41) is 0.112. The van der Waals surface area contributed by atoms with E-state index in [0.717, 1.165) is 5.57 Å². The molecule has 0 bridgehead atoms. The van der Waals surface area contributed by atoms with Crippen LogP contribution in [-0.4, -0.2) is 0 Å². The highest BCUT2D eigenvalue weighted by Crippen LogP contribution is 2.27. The van der Waals surface area contributed by atoms with Crippen LogP contribution in [-0.2, 0) is 0 Å². The second-order valence-electron chi connectivity index (χ2n) is 3.41. The molecule has 0 radical (unpaired) electrons. The molecular weight excluding hydrogens is 236 g/mol. The van der Waals surface area contributed by atoms with E-state index < -0.39 is 5.82 Å². The second kappa shape index (κ2) is 6.11. The van der Waals surface area contributed by atoms with Crippen LogP contribution in [0.4, 0.5) is 4.39 Å². The number of hydrogen-bond donors (Lipinski definition) is 1. The van der Waals surface area contributed by atoms with Crippen LogP contribution in [0.15, 0.2) is 30.4 Å². The van der Waals surface area contributed by atoms with Crippen molar-refractivity contribution in [1.29, 1.82) is 0 Å². The van der Waals surface area contributed by atoms with Gasteiger partial charge in [0.05, 0.1) is 5.02 Å². The number of hydrogen-bond acceptors (Lipinski definition) is 1. The molecule has 0 unspecified atom stereocenters. The molecule has 0 aromatic heterocycles. The lowest BCUT2D eigenvalue weighted by Crippen LogP contribution is -2.11. The Kier molecular flexibility index (Phi) is 5.88. The predicted molar refractivity (Wildman–Crippen MR) is 65.0 cm³/mol. The summed E-state index contributed by atoms with van der Waals surface area (Å²) in [5.74, 6) is -0.429. The Hall–Kier alpha value is -0.570. The molecule has 0 aliphatic rings. The third-order valence-corrected chi connectivity index (χ3v) is 2.35. The zero-order valence-corrected chi connectivity index (χ0v) is 10.0. The first-order chi connectivity index (χ1) is 6.52. The summed E-state index contributed by atoms with van der Waals surface area (Å²) < 4.78 is 13.1. The van der Waals surface area contributed by atoms with E-state index in [-0.39, 0.29) is 23.5 Å². The fourth-order valence-electron chi connectivity index (χ4n) is 1.29. The van der Waals surface area contributed by atoms with E-state index >= 15 is 0 Å². The SMILES string of the molecule is C=C(C)C[C@@H](N)c1cccc(F)c1Cl.Cl. The molecule has 0 heterocycles. The zero-order chi connectivity index (χ0) is 10.7. The van der Waals surface area contributed by atoms with Gasteiger partial charge < -0.3 is 5.73 Å². The predicted octanol–water partition coefficient (Wildman–Crippen LogP) is 3.87. The Labute approximate surface area is 101 Å². The van der Waals surface area contributed by atoms with Crippen LogP contribution in [0.25, 0.3) is 0 Å². The average Bonchev–Trinajstić information content (AvgIpc) is 2.08. The van der Waals surface area contributed by atoms with Crippen LogP contribution in [0.1, 0.15) is 24.9 Å². The number of benzene rings is 1. The van der Waals surface area contributed by atoms with Gasteiger partial charge in [-0.05, 0) is 25.0 Å². The molecule has 0 aliphatic carbocycles. The minimum absolute atomic E-state index is 0. The first-order valence-corrected chi connectivity index (χ1v) is 4.74. The van der Waals surface area contributed by atoms with Crippen molar-refractivity contribution in [3.8, 4) is 0 Å². The fourth-order valence-corrected chi connectivity index (χ4v) is 1.56. The van der Waals surface area contributed by atoms with Gasteiger partial charge in [0.25, 0.3) is 0 Å². The Morgan fingerprint density at radius 1 is 1.60 bits per heavy atom. The summed E-state index contributed by atoms with van der Waals surface area (Å²) in [7, 11) is 0. The van der Waals surface area contributed by atoms with Crippen molar-refractivity contribution in [1.82, 2.24) is 0 Å². The van der Waals surface area contributed by atoms with E-state index in [1.807, 2.05) is 6.92 Å². The summed E-state index contributed by atoms with van der Waals surface area (Å²) in [6.45, 7) is 5.64. The van der Waals surface area contributed by atoms with Gasteiger partial charge in [-0.3, -0.25) is 0 Å². The normalized spacial score (nSPS) is 11.7. The molecule has 0 fully saturated rings. The van der Waals surface area contributed by atoms with Crippen molar-refractivity contribution in [2.75, 3.05) is 0 Å². The molecule has 0 saturated carbocycles. The minimum atomic E-state index is -0.429. The molecule has 0 spiro atoms. The maximum absolute atomic E-state index is 13.1. The summed E-state index contributed by atoms with van der Waals surface area (Å²) in [6, 6.07) is 4.38. The van der Waals surface area contributed by atoms with Crippen LogP contribution in [0.2, 0.25) is 5.02 Å². The molecule has 1 rings (SSSR count). The molecule has 2 N–H and O–H groups in total. The Morgan fingerprint density at radius 2 is 2.20 bits per heavy atom. The van der Waals surface area contributed by atoms with Crippen molar-refractivity contribution >= 4 is 24.0 Å². The molecule has 15 heavy (non-hydrogen) atoms. The molecule has 1 aromatic rings. The largest absolute Gasteiger partial charge is 0.324 e. The highest BCUT2D eigenvalue weighted by atomic mass is 35.5. The van der Waals surface area contributed by atoms with Gasteiger partial charge in [0.2, 0.25) is 0 Å². The smallest absolute Gasteiger partial charge is 0.142 e. The third-order valence-electron chi connectivity index (χ3n) is 1.95. The van der Waals surface area contributed by atoms with Crippen LogP contribution in [0.3, 0.4) is 0 Å². The molecule has 84 valence electrons. The van der Waals surface area contributed by atoms with Gasteiger partial charge >= 0.3 is 0 Å². The lowest BCUT2D eigenvalue weighted by atomic mass is 10.0. The van der Waals surface area contributed by atoms with E-state index in [0.29, 0.717) is 12.0 Å². The monoisotopic (exact) mass is 249 g/mol. The lowest BCUT2D eigenvalue weighted by molar-refractivity contribution is 0.619. The Bertz CT molecular complexity index is 352. The number of halogens is 3. The Morgan fingerprint density at radius 3 is 2.73 bits per heavy atom. The van der Waals surface area contributed by atoms with Crippen LogP contribution < -0.4 is 5.73 Å². The molecule has 1 atom stereocenters. The Balaban J connectivity index is 0.00000196. The summed E-state index contributed by atoms with van der Waals surface area (Å²) in [6.07, 6.45) is 0.614. The maximum atomic E-state index is 13.1. The van der Waals surface area contributed by atoms with Gasteiger partial charge in [-0.2, -0.15) is 0 Å². The van der Waals surface area contributed by atoms with E-state index in [1.165, 1.54) is 6.07 Å². The van der Waals surface area contributed by atoms with Crippen molar-refractivity contribution in [2.45, 2.75) is 19.4 Å². The molecule has 4 heteroatoms. The van der Waals surface area contributed by atoms with Crippen molar-refractivity contribution < 1.29 is 4.39 Å². The quantitative estimate of drug-likeness (QED) is 0.809. The van der Waals surface area contributed by atoms with E-state index in [1.54, 1.807) is 12.1 Å². The average molecular weight is 250 g/mol. The molecule has 0 saturated heterocycles. The van der Waals surface area contributed by atoms with Crippen LogP contribution >= 0.6 is 24.0 Å². The zero-order valence-electron chi connectivity index (χ0n) is 8.47. The van der Waals surface area contributed by atoms with E-state index in [2.05, 4.69) is 6.58 Å². The lowest BCUT2D eigenvalue weighted by Gasteiger charge is -2.13. The van der Waals surface area contributed by atoms with Gasteiger partial charge in [-0.15, -0.1) is 19.0 Å². The first kappa shape index (κ1) is 14.4. The topological polar surface area (TPSA) is 26.0 Å². The molecule has 0 amide bonds. The van der Waals surface area contributed by atoms with Crippen molar-refractivity contribution in [2.24, 2.45) is 5.73 Å². The van der Waals surface area contributed by atoms with E-state index in [4.69, 9.17) is 17.3 Å². The van der Waals surface area contributed by atoms with Crippen LogP contribution in [0.5, 0.6) is 0 Å². The van der Waals surface area contributed by atoms with Gasteiger partial charge in [-0.25, -0.2) is 4.39 Å².